The van der Waals surface area contributed by atoms with Crippen LogP contribution >= 0.6 is 0 Å². The first kappa shape index (κ1) is 15.4. The Balaban J connectivity index is 2.11. The van der Waals surface area contributed by atoms with Gasteiger partial charge in [0.15, 0.2) is 0 Å². The van der Waals surface area contributed by atoms with Crippen LogP contribution < -0.4 is 10.1 Å². The predicted octanol–water partition coefficient (Wildman–Crippen LogP) is 3.26. The number of aryl methyl sites for hydroxylation is 2. The van der Waals surface area contributed by atoms with Crippen LogP contribution in [0.1, 0.15) is 39.1 Å². The Hall–Kier alpha value is -2.04. The van der Waals surface area contributed by atoms with Crippen LogP contribution in [0.5, 0.6) is 5.88 Å². The fourth-order valence-corrected chi connectivity index (χ4v) is 2.13. The summed E-state index contributed by atoms with van der Waals surface area (Å²) in [4.78, 5) is 4.29. The Morgan fingerprint density at radius 1 is 1.33 bits per heavy atom. The van der Waals surface area contributed by atoms with E-state index in [9.17, 15) is 0 Å². The van der Waals surface area contributed by atoms with Crippen LogP contribution in [0.3, 0.4) is 0 Å². The van der Waals surface area contributed by atoms with Crippen LogP contribution in [-0.4, -0.2) is 20.9 Å². The Morgan fingerprint density at radius 2 is 2.14 bits per heavy atom. The minimum atomic E-state index is 0.105. The monoisotopic (exact) mass is 288 g/mol. The van der Waals surface area contributed by atoms with E-state index in [0.29, 0.717) is 12.4 Å². The molecule has 0 aliphatic heterocycles. The largest absolute Gasteiger partial charge is 0.473 e. The van der Waals surface area contributed by atoms with Crippen molar-refractivity contribution in [3.8, 4) is 5.88 Å². The van der Waals surface area contributed by atoms with Gasteiger partial charge in [-0.1, -0.05) is 6.92 Å². The molecule has 5 nitrogen and oxygen atoms in total. The van der Waals surface area contributed by atoms with E-state index in [2.05, 4.69) is 35.3 Å². The maximum Gasteiger partial charge on any atom is 0.237 e. The maximum absolute atomic E-state index is 5.72. The molecule has 0 fully saturated rings. The Bertz CT molecular complexity index is 577. The van der Waals surface area contributed by atoms with Gasteiger partial charge in [-0.3, -0.25) is 4.68 Å². The lowest BCUT2D eigenvalue weighted by atomic mass is 10.3. The lowest BCUT2D eigenvalue weighted by Gasteiger charge is -2.14. The van der Waals surface area contributed by atoms with Gasteiger partial charge in [0.1, 0.15) is 0 Å². The van der Waals surface area contributed by atoms with Crippen LogP contribution in [0.15, 0.2) is 24.4 Å². The fourth-order valence-electron chi connectivity index (χ4n) is 2.13. The fraction of sp³-hybridized carbons (Fsp3) is 0.500. The molecular formula is C16H24N4O. The number of rotatable bonds is 7. The summed E-state index contributed by atoms with van der Waals surface area (Å²) in [7, 11) is 0. The summed E-state index contributed by atoms with van der Waals surface area (Å²) in [5, 5.41) is 7.96. The number of aromatic nitrogens is 3. The lowest BCUT2D eigenvalue weighted by Crippen LogP contribution is -2.11. The van der Waals surface area contributed by atoms with Crippen molar-refractivity contribution in [1.82, 2.24) is 14.8 Å². The smallest absolute Gasteiger partial charge is 0.237 e. The zero-order chi connectivity index (χ0) is 15.2. The number of ether oxygens (including phenoxy) is 1. The molecule has 0 atom stereocenters. The van der Waals surface area contributed by atoms with Gasteiger partial charge in [-0.2, -0.15) is 5.10 Å². The molecule has 21 heavy (non-hydrogen) atoms. The van der Waals surface area contributed by atoms with Gasteiger partial charge < -0.3 is 10.1 Å². The van der Waals surface area contributed by atoms with Crippen molar-refractivity contribution < 1.29 is 4.74 Å². The Morgan fingerprint density at radius 3 is 2.81 bits per heavy atom. The summed E-state index contributed by atoms with van der Waals surface area (Å²) in [5.41, 5.74) is 3.21. The van der Waals surface area contributed by atoms with Gasteiger partial charge in [-0.05, 0) is 45.4 Å². The molecule has 0 spiro atoms. The molecule has 0 amide bonds. The van der Waals surface area contributed by atoms with Crippen LogP contribution in [0.4, 0.5) is 5.69 Å². The minimum Gasteiger partial charge on any atom is -0.473 e. The van der Waals surface area contributed by atoms with Crippen LogP contribution in [0.25, 0.3) is 0 Å². The highest BCUT2D eigenvalue weighted by Crippen LogP contribution is 2.22. The molecule has 114 valence electrons. The molecule has 0 saturated carbocycles. The van der Waals surface area contributed by atoms with Crippen molar-refractivity contribution in [2.24, 2.45) is 0 Å². The molecule has 1 N–H and O–H groups in total. The average molecular weight is 288 g/mol. The molecule has 0 saturated heterocycles. The molecular weight excluding hydrogens is 264 g/mol. The molecule has 0 aliphatic carbocycles. The summed E-state index contributed by atoms with van der Waals surface area (Å²) < 4.78 is 7.75. The van der Waals surface area contributed by atoms with E-state index in [1.807, 2.05) is 30.7 Å². The topological polar surface area (TPSA) is 52.0 Å². The summed E-state index contributed by atoms with van der Waals surface area (Å²) >= 11 is 0. The number of anilines is 1. The third kappa shape index (κ3) is 3.97. The van der Waals surface area contributed by atoms with Gasteiger partial charge in [-0.25, -0.2) is 4.98 Å². The molecule has 0 aromatic carbocycles. The highest BCUT2D eigenvalue weighted by molar-refractivity contribution is 5.52. The molecule has 2 aromatic rings. The van der Waals surface area contributed by atoms with E-state index in [1.165, 1.54) is 5.69 Å². The van der Waals surface area contributed by atoms with E-state index < -0.39 is 0 Å². The third-order valence-electron chi connectivity index (χ3n) is 3.15. The van der Waals surface area contributed by atoms with Crippen LogP contribution in [-0.2, 0) is 19.5 Å². The van der Waals surface area contributed by atoms with Gasteiger partial charge in [-0.15, -0.1) is 0 Å². The molecule has 0 radical (unpaired) electrons. The average Bonchev–Trinajstić information content (AvgIpc) is 2.88. The second-order valence-corrected chi connectivity index (χ2v) is 5.17. The first-order valence-corrected chi connectivity index (χ1v) is 7.55. The second-order valence-electron chi connectivity index (χ2n) is 5.17. The van der Waals surface area contributed by atoms with Crippen molar-refractivity contribution >= 4 is 5.69 Å². The Labute approximate surface area is 126 Å². The quantitative estimate of drug-likeness (QED) is 0.849. The lowest BCUT2D eigenvalue weighted by molar-refractivity contribution is 0.234. The molecule has 2 heterocycles. The Kier molecular flexibility index (Phi) is 5.20. The molecule has 5 heteroatoms. The summed E-state index contributed by atoms with van der Waals surface area (Å²) in [6.07, 6.45) is 2.80. The van der Waals surface area contributed by atoms with Gasteiger partial charge in [0.2, 0.25) is 5.88 Å². The molecule has 2 aromatic heterocycles. The van der Waals surface area contributed by atoms with Gasteiger partial charge >= 0.3 is 0 Å². The number of hydrogen-bond donors (Lipinski definition) is 1. The SMILES string of the molecule is CCc1cc(CNc2cccnc2OC(C)C)n(CC)n1. The van der Waals surface area contributed by atoms with E-state index in [4.69, 9.17) is 4.74 Å². The van der Waals surface area contributed by atoms with Crippen molar-refractivity contribution in [2.75, 3.05) is 5.32 Å². The summed E-state index contributed by atoms with van der Waals surface area (Å²) in [6, 6.07) is 6.04. The predicted molar refractivity (Wildman–Crippen MR) is 84.6 cm³/mol. The molecule has 0 aliphatic rings. The molecule has 0 bridgehead atoms. The standard InChI is InChI=1S/C16H24N4O/c1-5-13-10-14(20(6-2)19-13)11-18-15-8-7-9-17-16(15)21-12(3)4/h7-10,12,18H,5-6,11H2,1-4H3. The summed E-state index contributed by atoms with van der Waals surface area (Å²) in [6.45, 7) is 9.80. The number of hydrogen-bond acceptors (Lipinski definition) is 4. The van der Waals surface area contributed by atoms with Crippen LogP contribution in [0.2, 0.25) is 0 Å². The van der Waals surface area contributed by atoms with Crippen molar-refractivity contribution in [1.29, 1.82) is 0 Å². The normalized spacial score (nSPS) is 10.9. The highest BCUT2D eigenvalue weighted by Gasteiger charge is 2.09. The van der Waals surface area contributed by atoms with Crippen molar-refractivity contribution in [3.63, 3.8) is 0 Å². The van der Waals surface area contributed by atoms with Gasteiger partial charge in [0.05, 0.1) is 29.7 Å². The first-order valence-electron chi connectivity index (χ1n) is 7.55. The van der Waals surface area contributed by atoms with E-state index >= 15 is 0 Å². The van der Waals surface area contributed by atoms with Crippen molar-refractivity contribution in [2.45, 2.75) is 53.3 Å². The zero-order valence-electron chi connectivity index (χ0n) is 13.3. The van der Waals surface area contributed by atoms with Crippen molar-refractivity contribution in [3.05, 3.63) is 35.8 Å². The summed E-state index contributed by atoms with van der Waals surface area (Å²) in [5.74, 6) is 0.644. The van der Waals surface area contributed by atoms with E-state index in [-0.39, 0.29) is 6.10 Å². The first-order chi connectivity index (χ1) is 10.1. The third-order valence-corrected chi connectivity index (χ3v) is 3.15. The number of pyridine rings is 1. The van der Waals surface area contributed by atoms with Crippen LogP contribution in [0, 0.1) is 0 Å². The maximum atomic E-state index is 5.72. The minimum absolute atomic E-state index is 0.105. The highest BCUT2D eigenvalue weighted by atomic mass is 16.5. The van der Waals surface area contributed by atoms with Gasteiger partial charge in [0, 0.05) is 12.7 Å². The number of nitrogens with one attached hydrogen (secondary N) is 1. The molecule has 0 unspecified atom stereocenters. The number of nitrogens with zero attached hydrogens (tertiary/aromatic N) is 3. The second kappa shape index (κ2) is 7.11. The van der Waals surface area contributed by atoms with E-state index in [0.717, 1.165) is 24.3 Å². The molecule has 2 rings (SSSR count). The van der Waals surface area contributed by atoms with Gasteiger partial charge in [0.25, 0.3) is 0 Å². The van der Waals surface area contributed by atoms with E-state index in [1.54, 1.807) is 6.20 Å². The zero-order valence-corrected chi connectivity index (χ0v) is 13.3.